The Balaban J connectivity index is 1.75. The summed E-state index contributed by atoms with van der Waals surface area (Å²) < 4.78 is 5.84. The van der Waals surface area contributed by atoms with E-state index in [2.05, 4.69) is 9.98 Å². The lowest BCUT2D eigenvalue weighted by Crippen LogP contribution is -2.37. The summed E-state index contributed by atoms with van der Waals surface area (Å²) in [5.41, 5.74) is 2.96. The Bertz CT molecular complexity index is 836. The first-order chi connectivity index (χ1) is 10.7. The molecule has 0 saturated heterocycles. The number of para-hydroxylation sites is 1. The highest BCUT2D eigenvalue weighted by molar-refractivity contribution is 6.19. The minimum absolute atomic E-state index is 0.184. The second kappa shape index (κ2) is 4.91. The molecule has 4 heteroatoms. The fourth-order valence-corrected chi connectivity index (χ4v) is 2.78. The van der Waals surface area contributed by atoms with Gasteiger partial charge in [-0.3, -0.25) is 4.79 Å². The molecule has 0 bridgehead atoms. The lowest BCUT2D eigenvalue weighted by molar-refractivity contribution is -0.120. The van der Waals surface area contributed by atoms with Crippen molar-refractivity contribution >= 4 is 17.6 Å². The van der Waals surface area contributed by atoms with Crippen molar-refractivity contribution < 1.29 is 9.53 Å². The van der Waals surface area contributed by atoms with Crippen molar-refractivity contribution in [2.45, 2.75) is 13.3 Å². The van der Waals surface area contributed by atoms with Crippen LogP contribution in [-0.4, -0.2) is 17.6 Å². The van der Waals surface area contributed by atoms with Gasteiger partial charge in [-0.05, 0) is 31.0 Å². The number of rotatable bonds is 1. The van der Waals surface area contributed by atoms with Crippen LogP contribution < -0.4 is 4.74 Å². The van der Waals surface area contributed by atoms with E-state index in [-0.39, 0.29) is 5.91 Å². The highest BCUT2D eigenvalue weighted by Gasteiger charge is 2.35. The second-order valence-corrected chi connectivity index (χ2v) is 5.56. The van der Waals surface area contributed by atoms with Crippen LogP contribution >= 0.6 is 0 Å². The number of aliphatic imine (C=N–C) groups is 2. The minimum atomic E-state index is -0.400. The van der Waals surface area contributed by atoms with Crippen molar-refractivity contribution in [3.8, 4) is 5.75 Å². The Morgan fingerprint density at radius 1 is 1.09 bits per heavy atom. The van der Waals surface area contributed by atoms with Crippen LogP contribution in [-0.2, 0) is 11.2 Å². The highest BCUT2D eigenvalue weighted by Crippen LogP contribution is 2.30. The third-order valence-corrected chi connectivity index (χ3v) is 3.92. The molecule has 1 atom stereocenters. The van der Waals surface area contributed by atoms with E-state index < -0.39 is 5.92 Å². The van der Waals surface area contributed by atoms with Crippen molar-refractivity contribution in [1.82, 2.24) is 0 Å². The number of hydrogen-bond donors (Lipinski definition) is 0. The van der Waals surface area contributed by atoms with Gasteiger partial charge in [0.1, 0.15) is 11.7 Å². The number of carbonyl (C=O) groups is 1. The summed E-state index contributed by atoms with van der Waals surface area (Å²) in [5, 5.41) is 0. The van der Waals surface area contributed by atoms with Gasteiger partial charge >= 0.3 is 0 Å². The first-order valence-electron chi connectivity index (χ1n) is 7.24. The molecular formula is C18H14N2O2. The van der Waals surface area contributed by atoms with Gasteiger partial charge in [-0.15, -0.1) is 0 Å². The number of amidine groups is 1. The second-order valence-electron chi connectivity index (χ2n) is 5.56. The molecule has 2 aromatic rings. The van der Waals surface area contributed by atoms with Crippen LogP contribution in [0, 0.1) is 12.8 Å². The summed E-state index contributed by atoms with van der Waals surface area (Å²) in [6.07, 6.45) is 0.596. The van der Waals surface area contributed by atoms with E-state index >= 15 is 0 Å². The number of hydrogen-bond acceptors (Lipinski definition) is 3. The average molecular weight is 290 g/mol. The van der Waals surface area contributed by atoms with Crippen molar-refractivity contribution in [2.24, 2.45) is 15.9 Å². The fraction of sp³-hybridized carbons (Fsp3) is 0.167. The van der Waals surface area contributed by atoms with E-state index in [0.29, 0.717) is 18.2 Å². The molecule has 2 aromatic carbocycles. The molecule has 4 rings (SSSR count). The number of benzene rings is 2. The molecule has 0 fully saturated rings. The first-order valence-corrected chi connectivity index (χ1v) is 7.24. The largest absolute Gasteiger partial charge is 0.442 e. The lowest BCUT2D eigenvalue weighted by Gasteiger charge is -2.26. The van der Waals surface area contributed by atoms with Crippen molar-refractivity contribution in [1.29, 1.82) is 0 Å². The van der Waals surface area contributed by atoms with Crippen LogP contribution in [0.5, 0.6) is 5.75 Å². The molecule has 1 amide bonds. The van der Waals surface area contributed by atoms with Crippen molar-refractivity contribution in [2.75, 3.05) is 0 Å². The minimum Gasteiger partial charge on any atom is -0.442 e. The maximum absolute atomic E-state index is 12.4. The number of ether oxygens (including phenoxy) is 1. The molecule has 0 N–H and O–H groups in total. The number of amides is 1. The van der Waals surface area contributed by atoms with Crippen LogP contribution in [0.1, 0.15) is 16.7 Å². The van der Waals surface area contributed by atoms with E-state index in [1.165, 1.54) is 0 Å². The Morgan fingerprint density at radius 2 is 1.95 bits per heavy atom. The predicted molar refractivity (Wildman–Crippen MR) is 84.4 cm³/mol. The molecule has 2 heterocycles. The van der Waals surface area contributed by atoms with E-state index in [1.54, 1.807) is 0 Å². The third kappa shape index (κ3) is 2.13. The van der Waals surface area contributed by atoms with E-state index in [0.717, 1.165) is 22.4 Å². The van der Waals surface area contributed by atoms with Crippen LogP contribution in [0.2, 0.25) is 0 Å². The normalized spacial score (nSPS) is 19.5. The van der Waals surface area contributed by atoms with Crippen LogP contribution in [0.15, 0.2) is 58.5 Å². The molecule has 0 saturated carbocycles. The van der Waals surface area contributed by atoms with Crippen LogP contribution in [0.3, 0.4) is 0 Å². The first kappa shape index (κ1) is 13.0. The summed E-state index contributed by atoms with van der Waals surface area (Å²) in [7, 11) is 0. The summed E-state index contributed by atoms with van der Waals surface area (Å²) in [6.45, 7) is 2.00. The van der Waals surface area contributed by atoms with Gasteiger partial charge in [0.2, 0.25) is 5.90 Å². The highest BCUT2D eigenvalue weighted by atomic mass is 16.5. The zero-order valence-electron chi connectivity index (χ0n) is 12.1. The summed E-state index contributed by atoms with van der Waals surface area (Å²) >= 11 is 0. The molecule has 0 aromatic heterocycles. The molecule has 2 aliphatic rings. The summed E-state index contributed by atoms with van der Waals surface area (Å²) in [6, 6.07) is 15.5. The van der Waals surface area contributed by atoms with E-state index in [9.17, 15) is 4.79 Å². The number of carbonyl (C=O) groups excluding carboxylic acids is 1. The smallest absolute Gasteiger partial charge is 0.260 e. The van der Waals surface area contributed by atoms with Crippen LogP contribution in [0.4, 0.5) is 0 Å². The number of nitrogens with zero attached hydrogens (tertiary/aromatic N) is 2. The zero-order chi connectivity index (χ0) is 15.1. The number of fused-ring (bicyclic) bond motifs is 2. The van der Waals surface area contributed by atoms with Gasteiger partial charge in [-0.25, -0.2) is 0 Å². The Labute approximate surface area is 128 Å². The topological polar surface area (TPSA) is 51.0 Å². The van der Waals surface area contributed by atoms with Gasteiger partial charge in [0.15, 0.2) is 5.84 Å². The number of aryl methyl sites for hydroxylation is 1. The molecule has 0 spiro atoms. The maximum atomic E-state index is 12.4. The van der Waals surface area contributed by atoms with Gasteiger partial charge in [0.05, 0.1) is 0 Å². The van der Waals surface area contributed by atoms with E-state index in [4.69, 9.17) is 4.74 Å². The SMILES string of the molecule is Cc1cccc(C2=NC(=O)C3Cc4ccccc4OC3=N2)c1. The quantitative estimate of drug-likeness (QED) is 0.811. The standard InChI is InChI=1S/C18H14N2O2/c1-11-5-4-7-13(9-11)16-19-17(21)14-10-12-6-2-3-8-15(12)22-18(14)20-16/h2-9,14H,10H2,1H3. The molecule has 2 aliphatic heterocycles. The van der Waals surface area contributed by atoms with Gasteiger partial charge in [0, 0.05) is 5.56 Å². The third-order valence-electron chi connectivity index (χ3n) is 3.92. The van der Waals surface area contributed by atoms with E-state index in [1.807, 2.05) is 55.5 Å². The van der Waals surface area contributed by atoms with Gasteiger partial charge in [-0.2, -0.15) is 9.98 Å². The molecule has 0 aliphatic carbocycles. The van der Waals surface area contributed by atoms with Gasteiger partial charge in [-0.1, -0.05) is 42.0 Å². The van der Waals surface area contributed by atoms with Gasteiger partial charge in [0.25, 0.3) is 5.91 Å². The Hall–Kier alpha value is -2.75. The van der Waals surface area contributed by atoms with Crippen molar-refractivity contribution in [3.05, 3.63) is 65.2 Å². The zero-order valence-corrected chi connectivity index (χ0v) is 12.1. The average Bonchev–Trinajstić information content (AvgIpc) is 2.53. The summed E-state index contributed by atoms with van der Waals surface area (Å²) in [4.78, 5) is 21.0. The molecule has 108 valence electrons. The van der Waals surface area contributed by atoms with Gasteiger partial charge < -0.3 is 4.74 Å². The summed E-state index contributed by atoms with van der Waals surface area (Å²) in [5.74, 6) is 1.07. The van der Waals surface area contributed by atoms with Crippen molar-refractivity contribution in [3.63, 3.8) is 0 Å². The maximum Gasteiger partial charge on any atom is 0.260 e. The predicted octanol–water partition coefficient (Wildman–Crippen LogP) is 2.93. The molecule has 0 radical (unpaired) electrons. The Morgan fingerprint density at radius 3 is 2.82 bits per heavy atom. The van der Waals surface area contributed by atoms with Crippen LogP contribution in [0.25, 0.3) is 0 Å². The lowest BCUT2D eigenvalue weighted by atomic mass is 9.94. The Kier molecular flexibility index (Phi) is 2.89. The monoisotopic (exact) mass is 290 g/mol. The molecule has 1 unspecified atom stereocenters. The molecular weight excluding hydrogens is 276 g/mol. The molecule has 4 nitrogen and oxygen atoms in total. The fourth-order valence-electron chi connectivity index (χ4n) is 2.78. The molecule has 22 heavy (non-hydrogen) atoms.